The number of methoxy groups -OCH3 is 1. The molecule has 8 nitrogen and oxygen atoms in total. The SMILES string of the molecule is CCCOc1cccc(NC2=C(c3ccc(OC)cc3)C(=O)N(CCN3CCOCC3)C2=O)c1. The number of nitrogens with one attached hydrogen (secondary N) is 1. The predicted octanol–water partition coefficient (Wildman–Crippen LogP) is 3.01. The number of anilines is 1. The highest BCUT2D eigenvalue weighted by atomic mass is 16.5. The fourth-order valence-electron chi connectivity index (χ4n) is 4.01. The summed E-state index contributed by atoms with van der Waals surface area (Å²) in [6, 6.07) is 14.6. The fraction of sp³-hybridized carbons (Fsp3) is 0.385. The van der Waals surface area contributed by atoms with E-state index in [9.17, 15) is 9.59 Å². The van der Waals surface area contributed by atoms with E-state index in [1.807, 2.05) is 31.2 Å². The van der Waals surface area contributed by atoms with Crippen LogP contribution in [0.3, 0.4) is 0 Å². The van der Waals surface area contributed by atoms with E-state index in [2.05, 4.69) is 10.2 Å². The molecular weight excluding hydrogens is 434 g/mol. The lowest BCUT2D eigenvalue weighted by Gasteiger charge is -2.28. The number of hydrogen-bond donors (Lipinski definition) is 1. The zero-order valence-electron chi connectivity index (χ0n) is 19.7. The number of imide groups is 1. The smallest absolute Gasteiger partial charge is 0.278 e. The van der Waals surface area contributed by atoms with Gasteiger partial charge in [-0.25, -0.2) is 0 Å². The van der Waals surface area contributed by atoms with Crippen molar-refractivity contribution in [2.75, 3.05) is 58.4 Å². The molecule has 1 fully saturated rings. The van der Waals surface area contributed by atoms with Crippen molar-refractivity contribution in [3.8, 4) is 11.5 Å². The van der Waals surface area contributed by atoms with Gasteiger partial charge in [-0.2, -0.15) is 0 Å². The summed E-state index contributed by atoms with van der Waals surface area (Å²) >= 11 is 0. The zero-order chi connectivity index (χ0) is 23.9. The Morgan fingerprint density at radius 3 is 2.44 bits per heavy atom. The first-order valence-electron chi connectivity index (χ1n) is 11.7. The summed E-state index contributed by atoms with van der Waals surface area (Å²) in [6.45, 7) is 6.51. The van der Waals surface area contributed by atoms with Crippen LogP contribution in [0.25, 0.3) is 5.57 Å². The van der Waals surface area contributed by atoms with Crippen molar-refractivity contribution < 1.29 is 23.8 Å². The molecule has 0 atom stereocenters. The lowest BCUT2D eigenvalue weighted by molar-refractivity contribution is -0.137. The van der Waals surface area contributed by atoms with Gasteiger partial charge in [-0.05, 0) is 36.2 Å². The van der Waals surface area contributed by atoms with Crippen molar-refractivity contribution in [2.24, 2.45) is 0 Å². The van der Waals surface area contributed by atoms with Crippen LogP contribution in [-0.2, 0) is 14.3 Å². The molecule has 0 unspecified atom stereocenters. The number of amides is 2. The summed E-state index contributed by atoms with van der Waals surface area (Å²) in [5.74, 6) is 0.758. The van der Waals surface area contributed by atoms with E-state index in [-0.39, 0.29) is 17.5 Å². The topological polar surface area (TPSA) is 80.3 Å². The molecule has 0 saturated carbocycles. The molecule has 0 bridgehead atoms. The molecule has 2 aliphatic heterocycles. The van der Waals surface area contributed by atoms with Gasteiger partial charge in [0.1, 0.15) is 17.2 Å². The van der Waals surface area contributed by atoms with Gasteiger partial charge in [0.2, 0.25) is 0 Å². The molecule has 8 heteroatoms. The van der Waals surface area contributed by atoms with Gasteiger partial charge in [0.25, 0.3) is 11.8 Å². The maximum absolute atomic E-state index is 13.5. The van der Waals surface area contributed by atoms with Crippen LogP contribution in [0.1, 0.15) is 18.9 Å². The molecule has 2 aliphatic rings. The van der Waals surface area contributed by atoms with Crippen molar-refractivity contribution in [3.63, 3.8) is 0 Å². The Morgan fingerprint density at radius 2 is 1.74 bits per heavy atom. The van der Waals surface area contributed by atoms with Gasteiger partial charge in [-0.15, -0.1) is 0 Å². The first-order valence-corrected chi connectivity index (χ1v) is 11.7. The van der Waals surface area contributed by atoms with Gasteiger partial charge in [0.05, 0.1) is 32.5 Å². The molecule has 34 heavy (non-hydrogen) atoms. The molecule has 1 N–H and O–H groups in total. The quantitative estimate of drug-likeness (QED) is 0.541. The number of carbonyl (C=O) groups excluding carboxylic acids is 2. The molecule has 2 amide bonds. The van der Waals surface area contributed by atoms with Crippen LogP contribution in [0, 0.1) is 0 Å². The van der Waals surface area contributed by atoms with Gasteiger partial charge < -0.3 is 19.5 Å². The van der Waals surface area contributed by atoms with E-state index in [4.69, 9.17) is 14.2 Å². The predicted molar refractivity (Wildman–Crippen MR) is 130 cm³/mol. The summed E-state index contributed by atoms with van der Waals surface area (Å²) in [5.41, 5.74) is 1.97. The minimum atomic E-state index is -0.330. The van der Waals surface area contributed by atoms with Crippen LogP contribution in [0.5, 0.6) is 11.5 Å². The summed E-state index contributed by atoms with van der Waals surface area (Å²) in [4.78, 5) is 30.4. The molecule has 2 aromatic carbocycles. The molecule has 0 aromatic heterocycles. The van der Waals surface area contributed by atoms with Crippen LogP contribution in [0.4, 0.5) is 5.69 Å². The van der Waals surface area contributed by atoms with E-state index in [1.54, 1.807) is 31.4 Å². The summed E-state index contributed by atoms with van der Waals surface area (Å²) in [6.07, 6.45) is 0.898. The Hall–Kier alpha value is -3.36. The van der Waals surface area contributed by atoms with E-state index in [0.29, 0.717) is 61.2 Å². The Kier molecular flexibility index (Phi) is 7.82. The Morgan fingerprint density at radius 1 is 0.971 bits per heavy atom. The van der Waals surface area contributed by atoms with Gasteiger partial charge in [-0.3, -0.25) is 19.4 Å². The third-order valence-corrected chi connectivity index (χ3v) is 5.87. The molecule has 0 spiro atoms. The molecule has 0 radical (unpaired) electrons. The van der Waals surface area contributed by atoms with Crippen LogP contribution in [0.2, 0.25) is 0 Å². The minimum absolute atomic E-state index is 0.268. The second-order valence-corrected chi connectivity index (χ2v) is 8.20. The van der Waals surface area contributed by atoms with Crippen molar-refractivity contribution >= 4 is 23.1 Å². The average Bonchev–Trinajstić information content (AvgIpc) is 3.11. The number of nitrogens with zero attached hydrogens (tertiary/aromatic N) is 2. The molecular formula is C26H31N3O5. The van der Waals surface area contributed by atoms with Crippen LogP contribution in [0.15, 0.2) is 54.2 Å². The van der Waals surface area contributed by atoms with Crippen molar-refractivity contribution in [1.82, 2.24) is 9.80 Å². The lowest BCUT2D eigenvalue weighted by Crippen LogP contribution is -2.43. The maximum atomic E-state index is 13.5. The number of morpholine rings is 1. The van der Waals surface area contributed by atoms with Gasteiger partial charge in [0, 0.05) is 37.9 Å². The first kappa shape index (κ1) is 23.8. The number of rotatable bonds is 10. The van der Waals surface area contributed by atoms with Gasteiger partial charge >= 0.3 is 0 Å². The first-order chi connectivity index (χ1) is 16.6. The zero-order valence-corrected chi connectivity index (χ0v) is 19.7. The molecule has 2 aromatic rings. The van der Waals surface area contributed by atoms with E-state index < -0.39 is 0 Å². The van der Waals surface area contributed by atoms with Crippen molar-refractivity contribution in [2.45, 2.75) is 13.3 Å². The van der Waals surface area contributed by atoms with Crippen LogP contribution in [-0.4, -0.2) is 74.7 Å². The molecule has 2 heterocycles. The number of ether oxygens (including phenoxy) is 3. The van der Waals surface area contributed by atoms with Gasteiger partial charge in [0.15, 0.2) is 0 Å². The largest absolute Gasteiger partial charge is 0.497 e. The Labute approximate surface area is 200 Å². The second kappa shape index (κ2) is 11.2. The molecule has 1 saturated heterocycles. The van der Waals surface area contributed by atoms with E-state index in [0.717, 1.165) is 19.5 Å². The van der Waals surface area contributed by atoms with E-state index >= 15 is 0 Å². The van der Waals surface area contributed by atoms with Crippen molar-refractivity contribution in [3.05, 3.63) is 59.8 Å². The number of carbonyl (C=O) groups is 2. The lowest BCUT2D eigenvalue weighted by atomic mass is 10.0. The maximum Gasteiger partial charge on any atom is 0.278 e. The molecule has 0 aliphatic carbocycles. The van der Waals surface area contributed by atoms with Crippen LogP contribution >= 0.6 is 0 Å². The van der Waals surface area contributed by atoms with E-state index in [1.165, 1.54) is 4.90 Å². The summed E-state index contributed by atoms with van der Waals surface area (Å²) < 4.78 is 16.4. The summed E-state index contributed by atoms with van der Waals surface area (Å²) in [7, 11) is 1.59. The molecule has 4 rings (SSSR count). The second-order valence-electron chi connectivity index (χ2n) is 8.20. The highest BCUT2D eigenvalue weighted by molar-refractivity contribution is 6.36. The Bertz CT molecular complexity index is 1040. The normalized spacial score (nSPS) is 16.8. The minimum Gasteiger partial charge on any atom is -0.497 e. The monoisotopic (exact) mass is 465 g/mol. The van der Waals surface area contributed by atoms with Crippen molar-refractivity contribution in [1.29, 1.82) is 0 Å². The summed E-state index contributed by atoms with van der Waals surface area (Å²) in [5, 5.41) is 3.21. The number of benzene rings is 2. The van der Waals surface area contributed by atoms with Crippen LogP contribution < -0.4 is 14.8 Å². The fourth-order valence-corrected chi connectivity index (χ4v) is 4.01. The Balaban J connectivity index is 1.61. The average molecular weight is 466 g/mol. The van der Waals surface area contributed by atoms with Gasteiger partial charge in [-0.1, -0.05) is 25.1 Å². The number of hydrogen-bond acceptors (Lipinski definition) is 7. The molecule has 180 valence electrons. The highest BCUT2D eigenvalue weighted by Crippen LogP contribution is 2.32. The standard InChI is InChI=1S/C26H31N3O5/c1-3-15-34-22-6-4-5-20(18-22)27-24-23(19-7-9-21(32-2)10-8-19)25(30)29(26(24)31)12-11-28-13-16-33-17-14-28/h4-10,18,27H,3,11-17H2,1-2H3. The third-order valence-electron chi connectivity index (χ3n) is 5.87. The highest BCUT2D eigenvalue weighted by Gasteiger charge is 2.39. The third kappa shape index (κ3) is 5.40.